The number of carbonyl (C=O) groups is 1. The average molecular weight is 261 g/mol. The van der Waals surface area contributed by atoms with Crippen LogP contribution in [0.5, 0.6) is 5.75 Å². The van der Waals surface area contributed by atoms with Crippen molar-refractivity contribution < 1.29 is 22.7 Å². The van der Waals surface area contributed by atoms with Crippen molar-refractivity contribution >= 4 is 11.6 Å². The quantitative estimate of drug-likeness (QED) is 0.819. The van der Waals surface area contributed by atoms with E-state index in [4.69, 9.17) is 4.74 Å². The molecule has 1 aromatic rings. The molecular formula is C12H14F3NO2. The summed E-state index contributed by atoms with van der Waals surface area (Å²) in [7, 11) is 2.43. The first-order chi connectivity index (χ1) is 8.18. The van der Waals surface area contributed by atoms with E-state index in [9.17, 15) is 18.0 Å². The third-order valence-electron chi connectivity index (χ3n) is 2.51. The van der Waals surface area contributed by atoms with Crippen molar-refractivity contribution in [3.63, 3.8) is 0 Å². The lowest BCUT2D eigenvalue weighted by molar-refractivity contribution is -0.170. The number of nitrogens with zero attached hydrogens (tertiary/aromatic N) is 1. The molecule has 0 aliphatic heterocycles. The molecule has 6 heteroatoms. The standard InChI is InChI=1S/C12H14F3NO2/c1-7-5-8(2)10(18-4)9(6-7)16(3)11(17)12(13,14)15/h5-6H,1-4H3. The van der Waals surface area contributed by atoms with E-state index < -0.39 is 12.1 Å². The Hall–Kier alpha value is -1.72. The SMILES string of the molecule is COc1c(C)cc(C)cc1N(C)C(=O)C(F)(F)F. The third kappa shape index (κ3) is 2.75. The van der Waals surface area contributed by atoms with Crippen LogP contribution in [0.2, 0.25) is 0 Å². The molecule has 0 saturated carbocycles. The molecule has 3 nitrogen and oxygen atoms in total. The normalized spacial score (nSPS) is 11.3. The lowest BCUT2D eigenvalue weighted by Crippen LogP contribution is -2.38. The van der Waals surface area contributed by atoms with Crippen LogP contribution < -0.4 is 9.64 Å². The molecule has 0 atom stereocenters. The van der Waals surface area contributed by atoms with Crippen LogP contribution >= 0.6 is 0 Å². The van der Waals surface area contributed by atoms with Crippen molar-refractivity contribution in [2.24, 2.45) is 0 Å². The van der Waals surface area contributed by atoms with E-state index in [0.717, 1.165) is 12.6 Å². The molecule has 1 rings (SSSR count). The van der Waals surface area contributed by atoms with E-state index in [2.05, 4.69) is 0 Å². The van der Waals surface area contributed by atoms with Crippen molar-refractivity contribution in [2.75, 3.05) is 19.1 Å². The molecule has 0 spiro atoms. The van der Waals surface area contributed by atoms with Gasteiger partial charge in [-0.25, -0.2) is 0 Å². The first kappa shape index (κ1) is 14.3. The summed E-state index contributed by atoms with van der Waals surface area (Å²) in [6.07, 6.45) is -4.91. The molecule has 18 heavy (non-hydrogen) atoms. The molecule has 0 unspecified atom stereocenters. The summed E-state index contributed by atoms with van der Waals surface area (Å²) in [5.74, 6) is -1.66. The number of hydrogen-bond acceptors (Lipinski definition) is 2. The molecule has 0 radical (unpaired) electrons. The predicted molar refractivity (Wildman–Crippen MR) is 61.9 cm³/mol. The second-order valence-corrected chi connectivity index (χ2v) is 4.00. The van der Waals surface area contributed by atoms with E-state index in [1.165, 1.54) is 13.2 Å². The van der Waals surface area contributed by atoms with E-state index in [-0.39, 0.29) is 11.4 Å². The minimum atomic E-state index is -4.91. The fourth-order valence-corrected chi connectivity index (χ4v) is 1.75. The molecule has 1 amide bonds. The average Bonchev–Trinajstić information content (AvgIpc) is 2.24. The highest BCUT2D eigenvalue weighted by Gasteiger charge is 2.42. The van der Waals surface area contributed by atoms with Crippen LogP contribution in [0.25, 0.3) is 0 Å². The molecule has 1 aromatic carbocycles. The molecule has 0 aliphatic rings. The molecule has 0 N–H and O–H groups in total. The van der Waals surface area contributed by atoms with Gasteiger partial charge in [-0.3, -0.25) is 4.79 Å². The Morgan fingerprint density at radius 2 is 1.83 bits per heavy atom. The van der Waals surface area contributed by atoms with Gasteiger partial charge in [-0.15, -0.1) is 0 Å². The fourth-order valence-electron chi connectivity index (χ4n) is 1.75. The van der Waals surface area contributed by atoms with E-state index >= 15 is 0 Å². The van der Waals surface area contributed by atoms with Gasteiger partial charge in [0.05, 0.1) is 12.8 Å². The van der Waals surface area contributed by atoms with Crippen LogP contribution in [0.1, 0.15) is 11.1 Å². The van der Waals surface area contributed by atoms with Crippen LogP contribution in [0, 0.1) is 13.8 Å². The van der Waals surface area contributed by atoms with Crippen LogP contribution in [0.15, 0.2) is 12.1 Å². The second kappa shape index (κ2) is 4.88. The minimum Gasteiger partial charge on any atom is -0.494 e. The molecule has 0 aromatic heterocycles. The van der Waals surface area contributed by atoms with Crippen LogP contribution in [0.4, 0.5) is 18.9 Å². The van der Waals surface area contributed by atoms with Gasteiger partial charge in [-0.2, -0.15) is 13.2 Å². The Balaban J connectivity index is 3.28. The molecule has 0 aliphatic carbocycles. The summed E-state index contributed by atoms with van der Waals surface area (Å²) in [6.45, 7) is 3.45. The summed E-state index contributed by atoms with van der Waals surface area (Å²) in [6, 6.07) is 3.25. The second-order valence-electron chi connectivity index (χ2n) is 4.00. The summed E-state index contributed by atoms with van der Waals surface area (Å²) >= 11 is 0. The van der Waals surface area contributed by atoms with Gasteiger partial charge in [0.1, 0.15) is 5.75 Å². The summed E-state index contributed by atoms with van der Waals surface area (Å²) in [5.41, 5.74) is 1.54. The maximum Gasteiger partial charge on any atom is 0.471 e. The monoisotopic (exact) mass is 261 g/mol. The lowest BCUT2D eigenvalue weighted by Gasteiger charge is -2.22. The Labute approximate surface area is 103 Å². The van der Waals surface area contributed by atoms with Gasteiger partial charge in [0.15, 0.2) is 0 Å². The first-order valence-electron chi connectivity index (χ1n) is 5.18. The Morgan fingerprint density at radius 1 is 1.28 bits per heavy atom. The van der Waals surface area contributed by atoms with Gasteiger partial charge in [0, 0.05) is 7.05 Å². The van der Waals surface area contributed by atoms with E-state index in [0.29, 0.717) is 10.5 Å². The van der Waals surface area contributed by atoms with Crippen LogP contribution in [-0.4, -0.2) is 26.2 Å². The number of benzene rings is 1. The van der Waals surface area contributed by atoms with Gasteiger partial charge in [0.25, 0.3) is 0 Å². The largest absolute Gasteiger partial charge is 0.494 e. The molecule has 0 bridgehead atoms. The zero-order valence-corrected chi connectivity index (χ0v) is 10.6. The van der Waals surface area contributed by atoms with E-state index in [1.54, 1.807) is 19.9 Å². The molecule has 100 valence electrons. The molecular weight excluding hydrogens is 247 g/mol. The van der Waals surface area contributed by atoms with Crippen molar-refractivity contribution in [2.45, 2.75) is 20.0 Å². The summed E-state index contributed by atoms with van der Waals surface area (Å²) in [5, 5.41) is 0. The smallest absolute Gasteiger partial charge is 0.471 e. The first-order valence-corrected chi connectivity index (χ1v) is 5.18. The highest BCUT2D eigenvalue weighted by atomic mass is 19.4. The van der Waals surface area contributed by atoms with Gasteiger partial charge >= 0.3 is 12.1 Å². The van der Waals surface area contributed by atoms with Gasteiger partial charge < -0.3 is 9.64 Å². The van der Waals surface area contributed by atoms with Crippen molar-refractivity contribution in [1.82, 2.24) is 0 Å². The van der Waals surface area contributed by atoms with Gasteiger partial charge in [-0.1, -0.05) is 6.07 Å². The predicted octanol–water partition coefficient (Wildman–Crippen LogP) is 2.84. The number of methoxy groups -OCH3 is 1. The molecule has 0 saturated heterocycles. The highest BCUT2D eigenvalue weighted by molar-refractivity contribution is 5.98. The van der Waals surface area contributed by atoms with Crippen molar-refractivity contribution in [3.05, 3.63) is 23.3 Å². The summed E-state index contributed by atoms with van der Waals surface area (Å²) in [4.78, 5) is 11.8. The Morgan fingerprint density at radius 3 is 2.28 bits per heavy atom. The number of hydrogen-bond donors (Lipinski definition) is 0. The number of amides is 1. The highest BCUT2D eigenvalue weighted by Crippen LogP contribution is 2.34. The number of halogens is 3. The number of aryl methyl sites for hydroxylation is 2. The van der Waals surface area contributed by atoms with Crippen LogP contribution in [-0.2, 0) is 4.79 Å². The number of rotatable bonds is 2. The maximum atomic E-state index is 12.4. The Bertz CT molecular complexity index is 469. The Kier molecular flexibility index (Phi) is 3.88. The fraction of sp³-hybridized carbons (Fsp3) is 0.417. The third-order valence-corrected chi connectivity index (χ3v) is 2.51. The van der Waals surface area contributed by atoms with E-state index in [1.807, 2.05) is 0 Å². The zero-order valence-electron chi connectivity index (χ0n) is 10.6. The van der Waals surface area contributed by atoms with Gasteiger partial charge in [0.2, 0.25) is 0 Å². The van der Waals surface area contributed by atoms with Gasteiger partial charge in [-0.05, 0) is 31.0 Å². The number of carbonyl (C=O) groups excluding carboxylic acids is 1. The molecule has 0 fully saturated rings. The number of anilines is 1. The minimum absolute atomic E-state index is 0.109. The summed E-state index contributed by atoms with van der Waals surface area (Å²) < 4.78 is 42.2. The zero-order chi connectivity index (χ0) is 14.1. The number of alkyl halides is 3. The van der Waals surface area contributed by atoms with Crippen molar-refractivity contribution in [3.8, 4) is 5.75 Å². The maximum absolute atomic E-state index is 12.4. The lowest BCUT2D eigenvalue weighted by atomic mass is 10.1. The van der Waals surface area contributed by atoms with Crippen molar-refractivity contribution in [1.29, 1.82) is 0 Å². The van der Waals surface area contributed by atoms with Crippen LogP contribution in [0.3, 0.4) is 0 Å². The topological polar surface area (TPSA) is 29.5 Å². The number of ether oxygens (including phenoxy) is 1. The molecule has 0 heterocycles.